The maximum absolute atomic E-state index is 14.7. The van der Waals surface area contributed by atoms with Crippen LogP contribution in [0.2, 0.25) is 0 Å². The zero-order valence-electron chi connectivity index (χ0n) is 17.6. The Morgan fingerprint density at radius 2 is 1.77 bits per heavy atom. The van der Waals surface area contributed by atoms with Crippen LogP contribution in [0.3, 0.4) is 0 Å². The SMILES string of the molecule is CCCC1CCC(C(=O)Oc2ccc(-c3ccc(C4CO4)c(F)c3C(F)F)cc2)CC1. The van der Waals surface area contributed by atoms with Gasteiger partial charge in [0, 0.05) is 5.56 Å². The summed E-state index contributed by atoms with van der Waals surface area (Å²) in [5.41, 5.74) is 0.112. The predicted molar refractivity (Wildman–Crippen MR) is 111 cm³/mol. The van der Waals surface area contributed by atoms with E-state index in [1.54, 1.807) is 24.3 Å². The van der Waals surface area contributed by atoms with Crippen molar-refractivity contribution < 1.29 is 27.4 Å². The third-order valence-corrected chi connectivity index (χ3v) is 6.37. The number of rotatable bonds is 7. The predicted octanol–water partition coefficient (Wildman–Crippen LogP) is 7.01. The van der Waals surface area contributed by atoms with E-state index >= 15 is 0 Å². The van der Waals surface area contributed by atoms with E-state index in [1.807, 2.05) is 0 Å². The van der Waals surface area contributed by atoms with Crippen molar-refractivity contribution in [3.05, 3.63) is 53.3 Å². The lowest BCUT2D eigenvalue weighted by Gasteiger charge is -2.26. The third kappa shape index (κ3) is 4.95. The molecule has 0 amide bonds. The van der Waals surface area contributed by atoms with Gasteiger partial charge in [-0.3, -0.25) is 4.79 Å². The molecule has 31 heavy (non-hydrogen) atoms. The number of carbonyl (C=O) groups is 1. The Kier molecular flexibility index (Phi) is 6.65. The molecule has 0 spiro atoms. The van der Waals surface area contributed by atoms with Crippen molar-refractivity contribution in [3.8, 4) is 16.9 Å². The van der Waals surface area contributed by atoms with Crippen LogP contribution in [0.1, 0.15) is 69.1 Å². The summed E-state index contributed by atoms with van der Waals surface area (Å²) in [6.07, 6.45) is 2.77. The summed E-state index contributed by atoms with van der Waals surface area (Å²) in [4.78, 5) is 12.5. The molecule has 3 nitrogen and oxygen atoms in total. The Labute approximate surface area is 180 Å². The first-order valence-electron chi connectivity index (χ1n) is 11.0. The summed E-state index contributed by atoms with van der Waals surface area (Å²) >= 11 is 0. The minimum Gasteiger partial charge on any atom is -0.426 e. The van der Waals surface area contributed by atoms with E-state index in [9.17, 15) is 18.0 Å². The van der Waals surface area contributed by atoms with Gasteiger partial charge in [-0.15, -0.1) is 0 Å². The molecular formula is C25H27F3O3. The van der Waals surface area contributed by atoms with Crippen molar-refractivity contribution in [1.82, 2.24) is 0 Å². The van der Waals surface area contributed by atoms with Gasteiger partial charge in [0.15, 0.2) is 0 Å². The second-order valence-corrected chi connectivity index (χ2v) is 8.50. The van der Waals surface area contributed by atoms with Gasteiger partial charge in [-0.05, 0) is 54.9 Å². The molecule has 6 heteroatoms. The average molecular weight is 432 g/mol. The largest absolute Gasteiger partial charge is 0.426 e. The highest BCUT2D eigenvalue weighted by Gasteiger charge is 2.32. The molecule has 2 fully saturated rings. The fourth-order valence-electron chi connectivity index (χ4n) is 4.55. The van der Waals surface area contributed by atoms with Crippen LogP contribution in [-0.2, 0) is 9.53 Å². The molecule has 1 unspecified atom stereocenters. The minimum atomic E-state index is -2.95. The molecule has 1 heterocycles. The van der Waals surface area contributed by atoms with Gasteiger partial charge < -0.3 is 9.47 Å². The lowest BCUT2D eigenvalue weighted by Crippen LogP contribution is -2.25. The Morgan fingerprint density at radius 1 is 1.10 bits per heavy atom. The molecular weight excluding hydrogens is 405 g/mol. The number of epoxide rings is 1. The number of halogens is 3. The monoisotopic (exact) mass is 432 g/mol. The molecule has 1 aliphatic carbocycles. The van der Waals surface area contributed by atoms with Crippen LogP contribution in [0.25, 0.3) is 11.1 Å². The topological polar surface area (TPSA) is 38.8 Å². The number of hydrogen-bond donors (Lipinski definition) is 0. The van der Waals surface area contributed by atoms with Crippen molar-refractivity contribution in [1.29, 1.82) is 0 Å². The van der Waals surface area contributed by atoms with Crippen molar-refractivity contribution in [2.75, 3.05) is 6.61 Å². The maximum Gasteiger partial charge on any atom is 0.314 e. The average Bonchev–Trinajstić information content (AvgIpc) is 3.60. The number of carbonyl (C=O) groups excluding carboxylic acids is 1. The Hall–Kier alpha value is -2.34. The van der Waals surface area contributed by atoms with Gasteiger partial charge in [-0.1, -0.05) is 44.0 Å². The van der Waals surface area contributed by atoms with Gasteiger partial charge in [0.1, 0.15) is 17.7 Å². The number of hydrogen-bond acceptors (Lipinski definition) is 3. The third-order valence-electron chi connectivity index (χ3n) is 6.37. The molecule has 1 saturated heterocycles. The van der Waals surface area contributed by atoms with Gasteiger partial charge in [-0.25, -0.2) is 13.2 Å². The summed E-state index contributed by atoms with van der Waals surface area (Å²) in [7, 11) is 0. The molecule has 1 saturated carbocycles. The highest BCUT2D eigenvalue weighted by molar-refractivity contribution is 5.76. The molecule has 0 radical (unpaired) electrons. The zero-order chi connectivity index (χ0) is 22.0. The van der Waals surface area contributed by atoms with Crippen LogP contribution in [0.4, 0.5) is 13.2 Å². The standard InChI is InChI=1S/C25H27F3O3/c1-2-3-15-4-6-17(7-5-15)25(29)31-18-10-8-16(9-11-18)19-12-13-20(21-14-30-21)23(26)22(19)24(27)28/h8-13,15,17,21,24H,2-7,14H2,1H3. The van der Waals surface area contributed by atoms with Crippen LogP contribution in [0.5, 0.6) is 5.75 Å². The van der Waals surface area contributed by atoms with E-state index in [2.05, 4.69) is 6.92 Å². The van der Waals surface area contributed by atoms with Gasteiger partial charge >= 0.3 is 5.97 Å². The van der Waals surface area contributed by atoms with Gasteiger partial charge in [0.05, 0.1) is 18.1 Å². The second kappa shape index (κ2) is 9.43. The first kappa shape index (κ1) is 21.9. The van der Waals surface area contributed by atoms with E-state index in [4.69, 9.17) is 9.47 Å². The van der Waals surface area contributed by atoms with E-state index in [1.165, 1.54) is 25.0 Å². The normalized spacial score (nSPS) is 23.1. The van der Waals surface area contributed by atoms with Crippen LogP contribution < -0.4 is 4.74 Å². The second-order valence-electron chi connectivity index (χ2n) is 8.50. The molecule has 4 rings (SSSR count). The quantitative estimate of drug-likeness (QED) is 0.268. The van der Waals surface area contributed by atoms with E-state index in [0.29, 0.717) is 23.8 Å². The first-order chi connectivity index (χ1) is 15.0. The van der Waals surface area contributed by atoms with E-state index in [0.717, 1.165) is 25.7 Å². The molecule has 1 aliphatic heterocycles. The minimum absolute atomic E-state index is 0.0931. The highest BCUT2D eigenvalue weighted by atomic mass is 19.3. The Balaban J connectivity index is 1.45. The molecule has 166 valence electrons. The number of alkyl halides is 2. The zero-order valence-corrected chi connectivity index (χ0v) is 17.6. The molecule has 0 N–H and O–H groups in total. The van der Waals surface area contributed by atoms with Crippen molar-refractivity contribution in [2.24, 2.45) is 11.8 Å². The summed E-state index contributed by atoms with van der Waals surface area (Å²) < 4.78 is 52.5. The molecule has 0 aromatic heterocycles. The van der Waals surface area contributed by atoms with Crippen LogP contribution in [-0.4, -0.2) is 12.6 Å². The highest BCUT2D eigenvalue weighted by Crippen LogP contribution is 2.40. The lowest BCUT2D eigenvalue weighted by atomic mass is 9.80. The van der Waals surface area contributed by atoms with Gasteiger partial charge in [-0.2, -0.15) is 0 Å². The summed E-state index contributed by atoms with van der Waals surface area (Å²) in [5, 5.41) is 0. The molecule has 2 aliphatic rings. The molecule has 2 aromatic carbocycles. The molecule has 2 aromatic rings. The van der Waals surface area contributed by atoms with Gasteiger partial charge in [0.25, 0.3) is 6.43 Å². The van der Waals surface area contributed by atoms with Crippen LogP contribution in [0.15, 0.2) is 36.4 Å². The Morgan fingerprint density at radius 3 is 2.35 bits per heavy atom. The number of benzene rings is 2. The fourth-order valence-corrected chi connectivity index (χ4v) is 4.55. The van der Waals surface area contributed by atoms with Crippen LogP contribution >= 0.6 is 0 Å². The van der Waals surface area contributed by atoms with Crippen molar-refractivity contribution in [3.63, 3.8) is 0 Å². The molecule has 0 bridgehead atoms. The van der Waals surface area contributed by atoms with Gasteiger partial charge in [0.2, 0.25) is 0 Å². The van der Waals surface area contributed by atoms with Crippen LogP contribution in [0, 0.1) is 17.7 Å². The lowest BCUT2D eigenvalue weighted by molar-refractivity contribution is -0.140. The first-order valence-corrected chi connectivity index (χ1v) is 11.0. The maximum atomic E-state index is 14.7. The van der Waals surface area contributed by atoms with Crippen molar-refractivity contribution >= 4 is 5.97 Å². The molecule has 1 atom stereocenters. The summed E-state index contributed by atoms with van der Waals surface area (Å²) in [6.45, 7) is 2.53. The summed E-state index contributed by atoms with van der Waals surface area (Å²) in [5.74, 6) is -0.174. The smallest absolute Gasteiger partial charge is 0.314 e. The van der Waals surface area contributed by atoms with E-state index in [-0.39, 0.29) is 23.0 Å². The number of ether oxygens (including phenoxy) is 2. The Bertz CT molecular complexity index is 914. The van der Waals surface area contributed by atoms with Crippen molar-refractivity contribution in [2.45, 2.75) is 58.0 Å². The van der Waals surface area contributed by atoms with E-state index < -0.39 is 23.9 Å². The number of esters is 1. The fraction of sp³-hybridized carbons (Fsp3) is 0.480. The summed E-state index contributed by atoms with van der Waals surface area (Å²) in [6, 6.07) is 9.29.